The Morgan fingerprint density at radius 1 is 1.30 bits per heavy atom. The number of carbonyl (C=O) groups is 1. The minimum Gasteiger partial charge on any atom is -0.327 e. The molecule has 0 aliphatic carbocycles. The number of rotatable bonds is 2. The summed E-state index contributed by atoms with van der Waals surface area (Å²) in [4.78, 5) is 14.5. The summed E-state index contributed by atoms with van der Waals surface area (Å²) in [6.45, 7) is 8.85. The van der Waals surface area contributed by atoms with Gasteiger partial charge in [-0.3, -0.25) is 4.79 Å². The summed E-state index contributed by atoms with van der Waals surface area (Å²) in [6.07, 6.45) is 2.10. The maximum absolute atomic E-state index is 12.6. The molecule has 0 saturated heterocycles. The van der Waals surface area contributed by atoms with Gasteiger partial charge in [0.1, 0.15) is 0 Å². The summed E-state index contributed by atoms with van der Waals surface area (Å²) >= 11 is 0. The van der Waals surface area contributed by atoms with Crippen molar-refractivity contribution in [2.45, 2.75) is 46.6 Å². The quantitative estimate of drug-likeness (QED) is 0.912. The first-order chi connectivity index (χ1) is 8.91. The van der Waals surface area contributed by atoms with Gasteiger partial charge in [-0.25, -0.2) is 0 Å². The van der Waals surface area contributed by atoms with Crippen molar-refractivity contribution in [3.8, 4) is 0 Å². The second-order valence-corrected chi connectivity index (χ2v) is 5.82. The molecule has 0 aromatic heterocycles. The highest BCUT2D eigenvalue weighted by Gasteiger charge is 2.28. The van der Waals surface area contributed by atoms with E-state index in [1.54, 1.807) is 0 Å². The molecule has 0 bridgehead atoms. The average molecular weight is 297 g/mol. The van der Waals surface area contributed by atoms with Crippen LogP contribution in [0.1, 0.15) is 37.0 Å². The summed E-state index contributed by atoms with van der Waals surface area (Å²) in [7, 11) is 0. The third-order valence-corrected chi connectivity index (χ3v) is 4.14. The van der Waals surface area contributed by atoms with Crippen LogP contribution < -0.4 is 10.6 Å². The normalized spacial score (nSPS) is 16.9. The molecule has 2 atom stereocenters. The van der Waals surface area contributed by atoms with Crippen LogP contribution in [0, 0.1) is 19.8 Å². The van der Waals surface area contributed by atoms with Crippen LogP contribution in [0.25, 0.3) is 0 Å². The zero-order valence-corrected chi connectivity index (χ0v) is 13.6. The molecule has 2 N–H and O–H groups in total. The molecule has 1 aliphatic rings. The predicted molar refractivity (Wildman–Crippen MR) is 86.7 cm³/mol. The number of amides is 1. The van der Waals surface area contributed by atoms with Gasteiger partial charge in [0, 0.05) is 18.3 Å². The number of benzene rings is 1. The minimum atomic E-state index is -0.133. The van der Waals surface area contributed by atoms with E-state index in [1.807, 2.05) is 18.7 Å². The molecule has 2 rings (SSSR count). The topological polar surface area (TPSA) is 46.3 Å². The third kappa shape index (κ3) is 3.15. The van der Waals surface area contributed by atoms with Crippen LogP contribution in [-0.4, -0.2) is 18.5 Å². The maximum Gasteiger partial charge on any atom is 0.231 e. The van der Waals surface area contributed by atoms with Crippen LogP contribution in [0.4, 0.5) is 5.69 Å². The summed E-state index contributed by atoms with van der Waals surface area (Å²) in [5.41, 5.74) is 10.8. The standard InChI is InChI=1S/C16H24N2O.ClH/c1-10-8-11(2)14-6-5-7-18(15(14)9-10)16(19)12(3)13(4)17;/h8-9,12-13H,5-7,17H2,1-4H3;1H. The fourth-order valence-electron chi connectivity index (χ4n) is 2.78. The smallest absolute Gasteiger partial charge is 0.231 e. The first kappa shape index (κ1) is 17.0. The number of aryl methyl sites for hydroxylation is 2. The predicted octanol–water partition coefficient (Wildman–Crippen LogP) is 2.99. The number of nitrogens with two attached hydrogens (primary N) is 1. The number of carbonyl (C=O) groups excluding carboxylic acids is 1. The Morgan fingerprint density at radius 2 is 1.95 bits per heavy atom. The van der Waals surface area contributed by atoms with Gasteiger partial charge in [-0.2, -0.15) is 0 Å². The van der Waals surface area contributed by atoms with E-state index in [2.05, 4.69) is 26.0 Å². The highest BCUT2D eigenvalue weighted by molar-refractivity contribution is 5.96. The van der Waals surface area contributed by atoms with Gasteiger partial charge < -0.3 is 10.6 Å². The molecular weight excluding hydrogens is 272 g/mol. The third-order valence-electron chi connectivity index (χ3n) is 4.14. The SMILES string of the molecule is Cc1cc(C)c2c(c1)N(C(=O)C(C)C(C)N)CCC2.Cl. The lowest BCUT2D eigenvalue weighted by Crippen LogP contribution is -2.44. The Hall–Kier alpha value is -1.06. The van der Waals surface area contributed by atoms with Gasteiger partial charge in [0.2, 0.25) is 5.91 Å². The van der Waals surface area contributed by atoms with E-state index in [4.69, 9.17) is 5.73 Å². The van der Waals surface area contributed by atoms with Gasteiger partial charge in [0.25, 0.3) is 0 Å². The molecule has 1 aliphatic heterocycles. The van der Waals surface area contributed by atoms with Crippen LogP contribution in [-0.2, 0) is 11.2 Å². The van der Waals surface area contributed by atoms with E-state index in [0.717, 1.165) is 25.1 Å². The van der Waals surface area contributed by atoms with E-state index in [-0.39, 0.29) is 30.3 Å². The highest BCUT2D eigenvalue weighted by Crippen LogP contribution is 2.32. The van der Waals surface area contributed by atoms with Gasteiger partial charge >= 0.3 is 0 Å². The molecule has 4 heteroatoms. The minimum absolute atomic E-state index is 0. The van der Waals surface area contributed by atoms with Crippen molar-refractivity contribution in [2.24, 2.45) is 11.7 Å². The molecule has 1 heterocycles. The second kappa shape index (κ2) is 6.59. The lowest BCUT2D eigenvalue weighted by atomic mass is 9.93. The Kier molecular flexibility index (Phi) is 5.60. The van der Waals surface area contributed by atoms with Crippen molar-refractivity contribution in [3.05, 3.63) is 28.8 Å². The molecule has 1 aromatic rings. The van der Waals surface area contributed by atoms with Crippen molar-refractivity contribution in [1.29, 1.82) is 0 Å². The van der Waals surface area contributed by atoms with Gasteiger partial charge in [0.05, 0.1) is 5.92 Å². The summed E-state index contributed by atoms with van der Waals surface area (Å²) < 4.78 is 0. The van der Waals surface area contributed by atoms with E-state index >= 15 is 0 Å². The van der Waals surface area contributed by atoms with Crippen LogP contribution >= 0.6 is 12.4 Å². The van der Waals surface area contributed by atoms with E-state index < -0.39 is 0 Å². The van der Waals surface area contributed by atoms with Crippen LogP contribution in [0.2, 0.25) is 0 Å². The van der Waals surface area contributed by atoms with Crippen molar-refractivity contribution in [3.63, 3.8) is 0 Å². The van der Waals surface area contributed by atoms with Gasteiger partial charge in [-0.1, -0.05) is 13.0 Å². The molecule has 112 valence electrons. The molecule has 0 radical (unpaired) electrons. The molecule has 1 amide bonds. The Labute approximate surface area is 127 Å². The van der Waals surface area contributed by atoms with Gasteiger partial charge in [-0.05, 0) is 56.4 Å². The largest absolute Gasteiger partial charge is 0.327 e. The Bertz CT molecular complexity index is 499. The first-order valence-electron chi connectivity index (χ1n) is 7.09. The molecule has 0 saturated carbocycles. The van der Waals surface area contributed by atoms with E-state index in [1.165, 1.54) is 16.7 Å². The molecular formula is C16H25ClN2O. The van der Waals surface area contributed by atoms with Gasteiger partial charge in [0.15, 0.2) is 0 Å². The zero-order chi connectivity index (χ0) is 14.2. The van der Waals surface area contributed by atoms with Crippen LogP contribution in [0.5, 0.6) is 0 Å². The fraction of sp³-hybridized carbons (Fsp3) is 0.562. The number of halogens is 1. The average Bonchev–Trinajstić information content (AvgIpc) is 2.36. The molecule has 2 unspecified atom stereocenters. The molecule has 1 aromatic carbocycles. The molecule has 20 heavy (non-hydrogen) atoms. The summed E-state index contributed by atoms with van der Waals surface area (Å²) in [6, 6.07) is 4.22. The lowest BCUT2D eigenvalue weighted by Gasteiger charge is -2.33. The van der Waals surface area contributed by atoms with E-state index in [9.17, 15) is 4.79 Å². The number of nitrogens with zero attached hydrogens (tertiary/aromatic N) is 1. The zero-order valence-electron chi connectivity index (χ0n) is 12.8. The van der Waals surface area contributed by atoms with Gasteiger partial charge in [-0.15, -0.1) is 12.4 Å². The Balaban J connectivity index is 0.00000200. The van der Waals surface area contributed by atoms with Crippen LogP contribution in [0.3, 0.4) is 0 Å². The number of hydrogen-bond donors (Lipinski definition) is 1. The number of fused-ring (bicyclic) bond motifs is 1. The number of anilines is 1. The number of hydrogen-bond acceptors (Lipinski definition) is 2. The van der Waals surface area contributed by atoms with E-state index in [0.29, 0.717) is 0 Å². The first-order valence-corrected chi connectivity index (χ1v) is 7.09. The van der Waals surface area contributed by atoms with Crippen molar-refractivity contribution in [2.75, 3.05) is 11.4 Å². The second-order valence-electron chi connectivity index (χ2n) is 5.82. The Morgan fingerprint density at radius 3 is 2.55 bits per heavy atom. The van der Waals surface area contributed by atoms with Crippen molar-refractivity contribution in [1.82, 2.24) is 0 Å². The lowest BCUT2D eigenvalue weighted by molar-refractivity contribution is -0.122. The fourth-order valence-corrected chi connectivity index (χ4v) is 2.78. The monoisotopic (exact) mass is 296 g/mol. The van der Waals surface area contributed by atoms with Crippen molar-refractivity contribution < 1.29 is 4.79 Å². The maximum atomic E-state index is 12.6. The van der Waals surface area contributed by atoms with Crippen molar-refractivity contribution >= 4 is 24.0 Å². The summed E-state index contributed by atoms with van der Waals surface area (Å²) in [5, 5.41) is 0. The molecule has 0 spiro atoms. The summed E-state index contributed by atoms with van der Waals surface area (Å²) in [5.74, 6) is 0.0210. The molecule has 0 fully saturated rings. The van der Waals surface area contributed by atoms with Crippen LogP contribution in [0.15, 0.2) is 12.1 Å². The highest BCUT2D eigenvalue weighted by atomic mass is 35.5. The molecule has 3 nitrogen and oxygen atoms in total.